The summed E-state index contributed by atoms with van der Waals surface area (Å²) < 4.78 is 27.0. The smallest absolute Gasteiger partial charge is 0.126 e. The van der Waals surface area contributed by atoms with Crippen LogP contribution in [0.1, 0.15) is 89.5 Å². The van der Waals surface area contributed by atoms with Crippen molar-refractivity contribution < 1.29 is 8.78 Å². The van der Waals surface area contributed by atoms with Crippen LogP contribution in [0.15, 0.2) is 36.4 Å². The highest BCUT2D eigenvalue weighted by Gasteiger charge is 2.28. The number of unbranched alkanes of at least 4 members (excludes halogenated alkanes) is 4. The largest absolute Gasteiger partial charge is 0.207 e. The van der Waals surface area contributed by atoms with Crippen LogP contribution in [-0.4, -0.2) is 0 Å². The van der Waals surface area contributed by atoms with Crippen molar-refractivity contribution in [2.24, 2.45) is 17.8 Å². The zero-order valence-corrected chi connectivity index (χ0v) is 17.4. The summed E-state index contributed by atoms with van der Waals surface area (Å²) in [5.74, 6) is 1.41. The van der Waals surface area contributed by atoms with E-state index in [1.54, 1.807) is 0 Å². The fraction of sp³-hybridized carbons (Fsp3) is 0.615. The molecule has 2 heteroatoms. The molecule has 28 heavy (non-hydrogen) atoms. The molecular formula is C26H36F2. The topological polar surface area (TPSA) is 0 Å². The molecule has 0 bridgehead atoms. The SMILES string of the molecule is CCCCCCC=CC1CCC(C2CC=C(c3cc(F)cc(F)c3)CC2)CC1. The second kappa shape index (κ2) is 10.9. The van der Waals surface area contributed by atoms with E-state index in [2.05, 4.69) is 25.2 Å². The van der Waals surface area contributed by atoms with Crippen molar-refractivity contribution >= 4 is 5.57 Å². The second-order valence-corrected chi connectivity index (χ2v) is 8.87. The summed E-state index contributed by atoms with van der Waals surface area (Å²) in [6.07, 6.45) is 22.3. The standard InChI is InChI=1S/C26H36F2/c1-2-3-4-5-6-7-8-20-9-11-21(12-10-20)22-13-15-23(16-14-22)24-17-25(27)19-26(28)18-24/h7-8,15,17-22H,2-6,9-14,16H2,1H3. The number of rotatable bonds is 8. The lowest BCUT2D eigenvalue weighted by atomic mass is 9.71. The molecule has 0 aromatic heterocycles. The molecule has 1 aromatic carbocycles. The van der Waals surface area contributed by atoms with Crippen LogP contribution in [0.5, 0.6) is 0 Å². The van der Waals surface area contributed by atoms with Gasteiger partial charge in [0.05, 0.1) is 0 Å². The maximum atomic E-state index is 13.5. The third-order valence-electron chi connectivity index (χ3n) is 6.80. The van der Waals surface area contributed by atoms with Crippen LogP contribution in [0.3, 0.4) is 0 Å². The maximum Gasteiger partial charge on any atom is 0.126 e. The van der Waals surface area contributed by atoms with E-state index >= 15 is 0 Å². The van der Waals surface area contributed by atoms with Crippen molar-refractivity contribution in [3.8, 4) is 0 Å². The van der Waals surface area contributed by atoms with Gasteiger partial charge in [-0.15, -0.1) is 0 Å². The molecule has 1 unspecified atom stereocenters. The Morgan fingerprint density at radius 3 is 2.29 bits per heavy atom. The van der Waals surface area contributed by atoms with Crippen molar-refractivity contribution in [1.29, 1.82) is 0 Å². The second-order valence-electron chi connectivity index (χ2n) is 8.87. The summed E-state index contributed by atoms with van der Waals surface area (Å²) in [6.45, 7) is 2.26. The molecule has 1 aromatic rings. The molecule has 1 saturated carbocycles. The van der Waals surface area contributed by atoms with E-state index in [1.165, 1.54) is 69.9 Å². The number of allylic oxidation sites excluding steroid dienone is 4. The van der Waals surface area contributed by atoms with E-state index in [9.17, 15) is 8.78 Å². The third kappa shape index (κ3) is 6.29. The Hall–Kier alpha value is -1.44. The van der Waals surface area contributed by atoms with Crippen molar-refractivity contribution in [1.82, 2.24) is 0 Å². The van der Waals surface area contributed by atoms with E-state index in [4.69, 9.17) is 0 Å². The van der Waals surface area contributed by atoms with Crippen molar-refractivity contribution in [3.05, 3.63) is 53.6 Å². The maximum absolute atomic E-state index is 13.5. The molecule has 0 saturated heterocycles. The van der Waals surface area contributed by atoms with Gasteiger partial charge in [-0.1, -0.05) is 44.4 Å². The summed E-state index contributed by atoms with van der Waals surface area (Å²) in [6, 6.07) is 3.89. The van der Waals surface area contributed by atoms with Gasteiger partial charge in [-0.2, -0.15) is 0 Å². The molecule has 0 amide bonds. The molecule has 2 aliphatic carbocycles. The Kier molecular flexibility index (Phi) is 8.30. The molecule has 1 atom stereocenters. The Labute approximate surface area is 170 Å². The van der Waals surface area contributed by atoms with Crippen LogP contribution >= 0.6 is 0 Å². The van der Waals surface area contributed by atoms with Gasteiger partial charge < -0.3 is 0 Å². The van der Waals surface area contributed by atoms with Crippen molar-refractivity contribution in [3.63, 3.8) is 0 Å². The van der Waals surface area contributed by atoms with Crippen LogP contribution in [0.2, 0.25) is 0 Å². The highest BCUT2D eigenvalue weighted by molar-refractivity contribution is 5.66. The molecule has 1 fully saturated rings. The van der Waals surface area contributed by atoms with Crippen molar-refractivity contribution in [2.45, 2.75) is 84.0 Å². The zero-order valence-electron chi connectivity index (χ0n) is 17.4. The fourth-order valence-corrected chi connectivity index (χ4v) is 5.07. The van der Waals surface area contributed by atoms with E-state index in [-0.39, 0.29) is 0 Å². The lowest BCUT2D eigenvalue weighted by molar-refractivity contribution is 0.212. The molecule has 3 rings (SSSR count). The number of benzene rings is 1. The Bertz CT molecular complexity index is 645. The first-order chi connectivity index (χ1) is 13.7. The van der Waals surface area contributed by atoms with Gasteiger partial charge in [0.25, 0.3) is 0 Å². The van der Waals surface area contributed by atoms with E-state index < -0.39 is 11.6 Å². The van der Waals surface area contributed by atoms with E-state index in [0.717, 1.165) is 54.2 Å². The summed E-state index contributed by atoms with van der Waals surface area (Å²) in [7, 11) is 0. The van der Waals surface area contributed by atoms with Crippen LogP contribution in [0.4, 0.5) is 8.78 Å². The van der Waals surface area contributed by atoms with Gasteiger partial charge in [-0.25, -0.2) is 8.78 Å². The zero-order chi connectivity index (χ0) is 19.8. The Morgan fingerprint density at radius 1 is 0.893 bits per heavy atom. The minimum atomic E-state index is -0.477. The minimum absolute atomic E-state index is 0.477. The molecule has 0 heterocycles. The summed E-state index contributed by atoms with van der Waals surface area (Å²) >= 11 is 0. The van der Waals surface area contributed by atoms with Crippen LogP contribution < -0.4 is 0 Å². The average Bonchev–Trinajstić information content (AvgIpc) is 2.70. The van der Waals surface area contributed by atoms with Gasteiger partial charge in [-0.3, -0.25) is 0 Å². The average molecular weight is 387 g/mol. The van der Waals surface area contributed by atoms with Crippen LogP contribution in [0.25, 0.3) is 5.57 Å². The Balaban J connectivity index is 1.42. The van der Waals surface area contributed by atoms with Gasteiger partial charge in [-0.05, 0) is 98.8 Å². The predicted molar refractivity (Wildman–Crippen MR) is 115 cm³/mol. The normalized spacial score (nSPS) is 25.8. The van der Waals surface area contributed by atoms with Gasteiger partial charge in [0.15, 0.2) is 0 Å². The van der Waals surface area contributed by atoms with Crippen LogP contribution in [-0.2, 0) is 0 Å². The molecule has 154 valence electrons. The minimum Gasteiger partial charge on any atom is -0.207 e. The molecule has 0 spiro atoms. The Morgan fingerprint density at radius 2 is 1.64 bits per heavy atom. The molecular weight excluding hydrogens is 350 g/mol. The molecule has 0 radical (unpaired) electrons. The van der Waals surface area contributed by atoms with Gasteiger partial charge >= 0.3 is 0 Å². The summed E-state index contributed by atoms with van der Waals surface area (Å²) in [5, 5.41) is 0. The van der Waals surface area contributed by atoms with Gasteiger partial charge in [0.2, 0.25) is 0 Å². The molecule has 0 aliphatic heterocycles. The monoisotopic (exact) mass is 386 g/mol. The highest BCUT2D eigenvalue weighted by Crippen LogP contribution is 2.41. The summed E-state index contributed by atoms with van der Waals surface area (Å²) in [5.41, 5.74) is 1.85. The fourth-order valence-electron chi connectivity index (χ4n) is 5.07. The predicted octanol–water partition coefficient (Wildman–Crippen LogP) is 8.48. The van der Waals surface area contributed by atoms with Crippen molar-refractivity contribution in [2.75, 3.05) is 0 Å². The number of hydrogen-bond donors (Lipinski definition) is 0. The van der Waals surface area contributed by atoms with Gasteiger partial charge in [0, 0.05) is 6.07 Å². The number of halogens is 2. The molecule has 0 N–H and O–H groups in total. The first-order valence-electron chi connectivity index (χ1n) is 11.5. The quantitative estimate of drug-likeness (QED) is 0.310. The number of hydrogen-bond acceptors (Lipinski definition) is 0. The first-order valence-corrected chi connectivity index (χ1v) is 11.5. The van der Waals surface area contributed by atoms with Gasteiger partial charge in [0.1, 0.15) is 11.6 Å². The molecule has 2 aliphatic rings. The van der Waals surface area contributed by atoms with E-state index in [1.807, 2.05) is 0 Å². The van der Waals surface area contributed by atoms with Crippen LogP contribution in [0, 0.1) is 29.4 Å². The lowest BCUT2D eigenvalue weighted by Crippen LogP contribution is -2.22. The third-order valence-corrected chi connectivity index (χ3v) is 6.80. The highest BCUT2D eigenvalue weighted by atomic mass is 19.1. The van der Waals surface area contributed by atoms with E-state index in [0.29, 0.717) is 0 Å². The first kappa shape index (κ1) is 21.3. The molecule has 0 nitrogen and oxygen atoms in total. The lowest BCUT2D eigenvalue weighted by Gasteiger charge is -2.35. The summed E-state index contributed by atoms with van der Waals surface area (Å²) in [4.78, 5) is 0.